The van der Waals surface area contributed by atoms with Gasteiger partial charge >= 0.3 is 0 Å². The number of hydrogen-bond acceptors (Lipinski definition) is 5. The second-order valence-corrected chi connectivity index (χ2v) is 4.93. The number of aliphatic hydroxyl groups is 1. The minimum absolute atomic E-state index is 0.0688. The summed E-state index contributed by atoms with van der Waals surface area (Å²) in [5.74, 6) is 0.435. The molecule has 110 valence electrons. The number of carbonyl (C=O) groups excluding carboxylic acids is 1. The van der Waals surface area contributed by atoms with E-state index in [9.17, 15) is 4.79 Å². The quantitative estimate of drug-likeness (QED) is 0.857. The van der Waals surface area contributed by atoms with E-state index in [1.807, 2.05) is 18.2 Å². The molecule has 3 rings (SSSR count). The molecule has 21 heavy (non-hydrogen) atoms. The molecule has 2 bridgehead atoms. The molecule has 0 aromatic carbocycles. The Balaban J connectivity index is 1.71. The minimum atomic E-state index is -0.246. The van der Waals surface area contributed by atoms with Crippen molar-refractivity contribution in [2.75, 3.05) is 18.2 Å². The third-order valence-corrected chi connectivity index (χ3v) is 3.43. The number of anilines is 1. The van der Waals surface area contributed by atoms with Crippen LogP contribution in [0.4, 0.5) is 5.82 Å². The van der Waals surface area contributed by atoms with Gasteiger partial charge in [-0.05, 0) is 12.1 Å². The molecule has 1 aromatic heterocycles. The number of fused-ring (bicyclic) bond motifs is 2. The largest absolute Gasteiger partial charge is 0.395 e. The average molecular weight is 287 g/mol. The molecule has 2 unspecified atom stereocenters. The van der Waals surface area contributed by atoms with Gasteiger partial charge in [0.05, 0.1) is 18.2 Å². The van der Waals surface area contributed by atoms with Gasteiger partial charge in [0.25, 0.3) is 5.91 Å². The summed E-state index contributed by atoms with van der Waals surface area (Å²) < 4.78 is 0. The van der Waals surface area contributed by atoms with Crippen LogP contribution in [0.3, 0.4) is 0 Å². The van der Waals surface area contributed by atoms with Crippen LogP contribution in [0.2, 0.25) is 0 Å². The van der Waals surface area contributed by atoms with Gasteiger partial charge in [-0.25, -0.2) is 10.0 Å². The standard InChI is InChI=1S/C15H17N3O3/c19-8-7-16-15(20)11-5-6-14(17-10-11)18-12-3-1-2-4-13(9-12)21-18/h1-6,10,12-13,19H,7-9H2,(H,16,20). The normalized spacial score (nSPS) is 23.2. The molecular formula is C15H17N3O3. The molecule has 1 aliphatic heterocycles. The number of nitrogens with one attached hydrogen (secondary N) is 1. The Morgan fingerprint density at radius 2 is 2.29 bits per heavy atom. The summed E-state index contributed by atoms with van der Waals surface area (Å²) in [4.78, 5) is 21.9. The number of allylic oxidation sites excluding steroid dienone is 2. The fourth-order valence-electron chi connectivity index (χ4n) is 2.40. The second kappa shape index (κ2) is 6.07. The first-order valence-electron chi connectivity index (χ1n) is 6.94. The summed E-state index contributed by atoms with van der Waals surface area (Å²) in [7, 11) is 0. The van der Waals surface area contributed by atoms with Gasteiger partial charge in [-0.3, -0.25) is 9.63 Å². The number of aliphatic hydroxyl groups excluding tert-OH is 1. The van der Waals surface area contributed by atoms with Crippen molar-refractivity contribution in [3.8, 4) is 0 Å². The summed E-state index contributed by atoms with van der Waals surface area (Å²) in [6.45, 7) is 0.151. The van der Waals surface area contributed by atoms with Gasteiger partial charge in [0, 0.05) is 19.2 Å². The lowest BCUT2D eigenvalue weighted by molar-refractivity contribution is 0.0943. The van der Waals surface area contributed by atoms with Gasteiger partial charge in [-0.15, -0.1) is 0 Å². The molecule has 2 heterocycles. The van der Waals surface area contributed by atoms with Crippen LogP contribution in [0.1, 0.15) is 16.8 Å². The van der Waals surface area contributed by atoms with E-state index in [1.165, 1.54) is 6.20 Å². The maximum Gasteiger partial charge on any atom is 0.252 e. The summed E-state index contributed by atoms with van der Waals surface area (Å²) in [5, 5.41) is 13.1. The summed E-state index contributed by atoms with van der Waals surface area (Å²) >= 11 is 0. The first-order chi connectivity index (χ1) is 10.3. The number of hydroxylamine groups is 1. The van der Waals surface area contributed by atoms with Crippen LogP contribution in [-0.2, 0) is 4.84 Å². The van der Waals surface area contributed by atoms with E-state index in [0.717, 1.165) is 6.42 Å². The number of nitrogens with zero attached hydrogens (tertiary/aromatic N) is 2. The Hall–Kier alpha value is -2.18. The van der Waals surface area contributed by atoms with Crippen LogP contribution in [0, 0.1) is 0 Å². The smallest absolute Gasteiger partial charge is 0.252 e. The molecular weight excluding hydrogens is 270 g/mol. The van der Waals surface area contributed by atoms with Crippen molar-refractivity contribution in [1.29, 1.82) is 0 Å². The first kappa shape index (κ1) is 13.8. The highest BCUT2D eigenvalue weighted by atomic mass is 16.7. The molecule has 6 nitrogen and oxygen atoms in total. The van der Waals surface area contributed by atoms with Crippen molar-refractivity contribution < 1.29 is 14.7 Å². The van der Waals surface area contributed by atoms with Crippen molar-refractivity contribution in [3.05, 3.63) is 48.2 Å². The Labute approximate surface area is 122 Å². The fraction of sp³-hybridized carbons (Fsp3) is 0.333. The van der Waals surface area contributed by atoms with Crippen LogP contribution in [0.25, 0.3) is 0 Å². The van der Waals surface area contributed by atoms with Gasteiger partial charge in [0.15, 0.2) is 5.82 Å². The minimum Gasteiger partial charge on any atom is -0.395 e. The fourth-order valence-corrected chi connectivity index (χ4v) is 2.40. The van der Waals surface area contributed by atoms with Crippen molar-refractivity contribution in [2.45, 2.75) is 18.6 Å². The topological polar surface area (TPSA) is 74.7 Å². The zero-order chi connectivity index (χ0) is 14.7. The number of hydrogen-bond donors (Lipinski definition) is 2. The highest BCUT2D eigenvalue weighted by molar-refractivity contribution is 5.94. The average Bonchev–Trinajstić information content (AvgIpc) is 2.76. The van der Waals surface area contributed by atoms with Crippen molar-refractivity contribution in [1.82, 2.24) is 10.3 Å². The van der Waals surface area contributed by atoms with Gasteiger partial charge in [0.1, 0.15) is 6.10 Å². The van der Waals surface area contributed by atoms with E-state index in [-0.39, 0.29) is 31.2 Å². The lowest BCUT2D eigenvalue weighted by atomic mass is 10.1. The van der Waals surface area contributed by atoms with E-state index in [2.05, 4.69) is 16.4 Å². The van der Waals surface area contributed by atoms with Crippen molar-refractivity contribution >= 4 is 11.7 Å². The van der Waals surface area contributed by atoms with Crippen molar-refractivity contribution in [2.24, 2.45) is 0 Å². The molecule has 2 atom stereocenters. The highest BCUT2D eigenvalue weighted by Crippen LogP contribution is 2.29. The SMILES string of the molecule is O=C(NCCO)c1ccc(N2OC3C=CC=CC2C3)nc1. The molecule has 0 radical (unpaired) electrons. The zero-order valence-corrected chi connectivity index (χ0v) is 11.5. The van der Waals surface area contributed by atoms with Gasteiger partial charge in [0.2, 0.25) is 0 Å². The molecule has 1 fully saturated rings. The molecule has 2 aliphatic rings. The molecule has 6 heteroatoms. The van der Waals surface area contributed by atoms with Crippen LogP contribution >= 0.6 is 0 Å². The van der Waals surface area contributed by atoms with E-state index in [1.54, 1.807) is 17.2 Å². The predicted molar refractivity (Wildman–Crippen MR) is 77.7 cm³/mol. The van der Waals surface area contributed by atoms with Crippen LogP contribution in [0.5, 0.6) is 0 Å². The molecule has 0 saturated carbocycles. The highest BCUT2D eigenvalue weighted by Gasteiger charge is 2.32. The van der Waals surface area contributed by atoms with Gasteiger partial charge in [-0.2, -0.15) is 0 Å². The zero-order valence-electron chi connectivity index (χ0n) is 11.5. The summed E-state index contributed by atoms with van der Waals surface area (Å²) in [5.41, 5.74) is 0.460. The maximum atomic E-state index is 11.7. The van der Waals surface area contributed by atoms with Crippen LogP contribution in [0.15, 0.2) is 42.6 Å². The summed E-state index contributed by atoms with van der Waals surface area (Å²) in [6.07, 6.45) is 10.6. The monoisotopic (exact) mass is 287 g/mol. The van der Waals surface area contributed by atoms with E-state index >= 15 is 0 Å². The van der Waals surface area contributed by atoms with Crippen LogP contribution in [-0.4, -0.2) is 41.3 Å². The van der Waals surface area contributed by atoms with Gasteiger partial charge < -0.3 is 10.4 Å². The maximum absolute atomic E-state index is 11.7. The predicted octanol–water partition coefficient (Wildman–Crippen LogP) is 0.809. The summed E-state index contributed by atoms with van der Waals surface area (Å²) in [6, 6.07) is 3.63. The van der Waals surface area contributed by atoms with Gasteiger partial charge in [-0.1, -0.05) is 24.3 Å². The molecule has 1 aliphatic carbocycles. The molecule has 1 aromatic rings. The molecule has 1 amide bonds. The molecule has 1 saturated heterocycles. The Morgan fingerprint density at radius 3 is 3.05 bits per heavy atom. The van der Waals surface area contributed by atoms with E-state index < -0.39 is 0 Å². The van der Waals surface area contributed by atoms with E-state index in [4.69, 9.17) is 9.94 Å². The number of rotatable bonds is 4. The lowest BCUT2D eigenvalue weighted by Crippen LogP contribution is -2.28. The molecule has 0 spiro atoms. The lowest BCUT2D eigenvalue weighted by Gasteiger charge is -2.21. The van der Waals surface area contributed by atoms with E-state index in [0.29, 0.717) is 11.4 Å². The number of pyridine rings is 1. The Bertz CT molecular complexity index is 568. The Kier molecular flexibility index (Phi) is 3.98. The molecule has 2 N–H and O–H groups in total. The van der Waals surface area contributed by atoms with Crippen LogP contribution < -0.4 is 10.4 Å². The number of amides is 1. The first-order valence-corrected chi connectivity index (χ1v) is 6.94. The van der Waals surface area contributed by atoms with Crippen molar-refractivity contribution in [3.63, 3.8) is 0 Å². The third-order valence-electron chi connectivity index (χ3n) is 3.43. The number of carbonyl (C=O) groups is 1. The number of aromatic nitrogens is 1. The Morgan fingerprint density at radius 1 is 1.43 bits per heavy atom. The third kappa shape index (κ3) is 2.96. The second-order valence-electron chi connectivity index (χ2n) is 4.93.